The van der Waals surface area contributed by atoms with Crippen molar-refractivity contribution in [1.29, 1.82) is 0 Å². The first kappa shape index (κ1) is 23.2. The summed E-state index contributed by atoms with van der Waals surface area (Å²) in [5.41, 5.74) is 1.60. The Bertz CT molecular complexity index is 1340. The van der Waals surface area contributed by atoms with Crippen LogP contribution in [0.4, 0.5) is 0 Å². The molecule has 8 nitrogen and oxygen atoms in total. The maximum absolute atomic E-state index is 13.7. The topological polar surface area (TPSA) is 106 Å². The van der Waals surface area contributed by atoms with Crippen LogP contribution in [0.1, 0.15) is 34.3 Å². The monoisotopic (exact) mass is 470 g/mol. The Labute approximate surface area is 192 Å². The van der Waals surface area contributed by atoms with Gasteiger partial charge in [-0.15, -0.1) is 0 Å². The molecule has 1 aromatic heterocycles. The molecular formula is C24H26N2O6S. The van der Waals surface area contributed by atoms with Crippen LogP contribution in [0, 0.1) is 6.92 Å². The van der Waals surface area contributed by atoms with Crippen molar-refractivity contribution in [2.45, 2.75) is 37.3 Å². The Morgan fingerprint density at radius 2 is 2.00 bits per heavy atom. The first-order valence-corrected chi connectivity index (χ1v) is 12.2. The van der Waals surface area contributed by atoms with E-state index in [1.165, 1.54) is 23.5 Å². The smallest absolute Gasteiger partial charge is 0.339 e. The fourth-order valence-corrected chi connectivity index (χ4v) is 5.68. The Morgan fingerprint density at radius 1 is 1.21 bits per heavy atom. The van der Waals surface area contributed by atoms with Crippen LogP contribution in [0.3, 0.4) is 0 Å². The van der Waals surface area contributed by atoms with Crippen LogP contribution in [0.15, 0.2) is 58.2 Å². The summed E-state index contributed by atoms with van der Waals surface area (Å²) >= 11 is 0. The lowest BCUT2D eigenvalue weighted by Crippen LogP contribution is -2.39. The summed E-state index contributed by atoms with van der Waals surface area (Å²) in [5, 5.41) is 0.814. The van der Waals surface area contributed by atoms with Crippen molar-refractivity contribution in [2.24, 2.45) is 0 Å². The Hall–Kier alpha value is -3.01. The Morgan fingerprint density at radius 3 is 2.73 bits per heavy atom. The lowest BCUT2D eigenvalue weighted by Gasteiger charge is -2.25. The number of pyridine rings is 1. The Kier molecular flexibility index (Phi) is 6.64. The van der Waals surface area contributed by atoms with E-state index in [1.807, 2.05) is 25.1 Å². The number of aromatic nitrogens is 1. The fraction of sp³-hybridized carbons (Fsp3) is 0.333. The highest BCUT2D eigenvalue weighted by atomic mass is 32.2. The van der Waals surface area contributed by atoms with Crippen LogP contribution in [0.5, 0.6) is 0 Å². The lowest BCUT2D eigenvalue weighted by atomic mass is 10.1. The SMILES string of the molecule is COC(=O)c1ccccc1S(=O)(=O)N(Cc1cc2cc(C)ccc2[nH]c1=O)CC1CCCO1. The van der Waals surface area contributed by atoms with Gasteiger partial charge in [0.05, 0.1) is 23.7 Å². The number of carbonyl (C=O) groups excluding carboxylic acids is 1. The van der Waals surface area contributed by atoms with Gasteiger partial charge < -0.3 is 14.5 Å². The van der Waals surface area contributed by atoms with Crippen molar-refractivity contribution in [3.05, 3.63) is 75.6 Å². The van der Waals surface area contributed by atoms with Gasteiger partial charge in [-0.05, 0) is 55.5 Å². The van der Waals surface area contributed by atoms with Crippen molar-refractivity contribution in [1.82, 2.24) is 9.29 Å². The second-order valence-electron chi connectivity index (χ2n) is 8.13. The highest BCUT2D eigenvalue weighted by molar-refractivity contribution is 7.89. The molecule has 9 heteroatoms. The maximum Gasteiger partial charge on any atom is 0.339 e. The molecular weight excluding hydrogens is 444 g/mol. The summed E-state index contributed by atoms with van der Waals surface area (Å²) in [6.45, 7) is 2.43. The molecule has 1 unspecified atom stereocenters. The number of methoxy groups -OCH3 is 1. The standard InChI is InChI=1S/C24H26N2O6S/c1-16-9-10-21-17(12-16)13-18(23(27)25-21)14-26(15-19-6-5-11-32-19)33(29,30)22-8-4-3-7-20(22)24(28)31-2/h3-4,7-10,12-13,19H,5-6,11,14-15H2,1-2H3,(H,25,27). The lowest BCUT2D eigenvalue weighted by molar-refractivity contribution is 0.0596. The van der Waals surface area contributed by atoms with Crippen LogP contribution in [-0.4, -0.2) is 50.0 Å². The molecule has 1 aliphatic heterocycles. The first-order chi connectivity index (χ1) is 15.8. The zero-order chi connectivity index (χ0) is 23.6. The summed E-state index contributed by atoms with van der Waals surface area (Å²) in [6, 6.07) is 13.3. The van der Waals surface area contributed by atoms with Crippen molar-refractivity contribution in [3.8, 4) is 0 Å². The molecule has 4 rings (SSSR count). The van der Waals surface area contributed by atoms with E-state index in [2.05, 4.69) is 4.98 Å². The number of carbonyl (C=O) groups is 1. The van der Waals surface area contributed by atoms with E-state index in [0.29, 0.717) is 17.7 Å². The van der Waals surface area contributed by atoms with Crippen LogP contribution in [0.2, 0.25) is 0 Å². The summed E-state index contributed by atoms with van der Waals surface area (Å²) in [6.07, 6.45) is 1.28. The highest BCUT2D eigenvalue weighted by Gasteiger charge is 2.33. The molecule has 1 N–H and O–H groups in total. The predicted molar refractivity (Wildman–Crippen MR) is 124 cm³/mol. The first-order valence-electron chi connectivity index (χ1n) is 10.7. The molecule has 174 valence electrons. The van der Waals surface area contributed by atoms with Gasteiger partial charge in [-0.1, -0.05) is 23.8 Å². The fourth-order valence-electron chi connectivity index (χ4n) is 4.05. The summed E-state index contributed by atoms with van der Waals surface area (Å²) < 4.78 is 39.2. The van der Waals surface area contributed by atoms with Crippen LogP contribution < -0.4 is 5.56 Å². The average molecular weight is 471 g/mol. The molecule has 0 radical (unpaired) electrons. The number of hydrogen-bond acceptors (Lipinski definition) is 6. The Balaban J connectivity index is 1.78. The molecule has 0 amide bonds. The third-order valence-electron chi connectivity index (χ3n) is 5.76. The number of benzene rings is 2. The number of esters is 1. The molecule has 2 aromatic carbocycles. The normalized spacial score (nSPS) is 16.4. The highest BCUT2D eigenvalue weighted by Crippen LogP contribution is 2.25. The number of nitrogens with zero attached hydrogens (tertiary/aromatic N) is 1. The molecule has 0 saturated carbocycles. The number of fused-ring (bicyclic) bond motifs is 1. The second-order valence-corrected chi connectivity index (χ2v) is 10.0. The van der Waals surface area contributed by atoms with Gasteiger partial charge in [0.2, 0.25) is 10.0 Å². The van der Waals surface area contributed by atoms with E-state index in [1.54, 1.807) is 18.2 Å². The van der Waals surface area contributed by atoms with Gasteiger partial charge >= 0.3 is 5.97 Å². The average Bonchev–Trinajstić information content (AvgIpc) is 3.32. The molecule has 0 bridgehead atoms. The molecule has 3 aromatic rings. The summed E-state index contributed by atoms with van der Waals surface area (Å²) in [4.78, 5) is 27.7. The van der Waals surface area contributed by atoms with E-state index in [9.17, 15) is 18.0 Å². The van der Waals surface area contributed by atoms with Crippen molar-refractivity contribution in [2.75, 3.05) is 20.3 Å². The second kappa shape index (κ2) is 9.46. The van der Waals surface area contributed by atoms with Gasteiger partial charge in [0.25, 0.3) is 5.56 Å². The zero-order valence-corrected chi connectivity index (χ0v) is 19.4. The maximum atomic E-state index is 13.7. The number of sulfonamides is 1. The van der Waals surface area contributed by atoms with Crippen molar-refractivity contribution in [3.63, 3.8) is 0 Å². The number of H-pyrrole nitrogens is 1. The van der Waals surface area contributed by atoms with Crippen LogP contribution in [0.25, 0.3) is 10.9 Å². The van der Waals surface area contributed by atoms with Crippen LogP contribution in [-0.2, 0) is 26.0 Å². The molecule has 33 heavy (non-hydrogen) atoms. The van der Waals surface area contributed by atoms with Crippen molar-refractivity contribution < 1.29 is 22.7 Å². The minimum atomic E-state index is -4.15. The number of aromatic amines is 1. The van der Waals surface area contributed by atoms with Gasteiger partial charge in [-0.3, -0.25) is 4.79 Å². The molecule has 0 aliphatic carbocycles. The molecule has 1 fully saturated rings. The van der Waals surface area contributed by atoms with Gasteiger partial charge in [-0.25, -0.2) is 13.2 Å². The predicted octanol–water partition coefficient (Wildman–Crippen LogP) is 2.99. The molecule has 2 heterocycles. The van der Waals surface area contributed by atoms with Crippen molar-refractivity contribution >= 4 is 26.9 Å². The van der Waals surface area contributed by atoms with Gasteiger partial charge in [0.15, 0.2) is 0 Å². The largest absolute Gasteiger partial charge is 0.465 e. The number of aryl methyl sites for hydroxylation is 1. The van der Waals surface area contributed by atoms with E-state index in [-0.39, 0.29) is 35.2 Å². The zero-order valence-electron chi connectivity index (χ0n) is 18.5. The molecule has 1 atom stereocenters. The van der Waals surface area contributed by atoms with Crippen LogP contribution >= 0.6 is 0 Å². The molecule has 0 spiro atoms. The third-order valence-corrected chi connectivity index (χ3v) is 7.63. The van der Waals surface area contributed by atoms with Gasteiger partial charge in [-0.2, -0.15) is 4.31 Å². The van der Waals surface area contributed by atoms with E-state index >= 15 is 0 Å². The minimum absolute atomic E-state index is 0.0552. The number of ether oxygens (including phenoxy) is 2. The number of rotatable bonds is 7. The van der Waals surface area contributed by atoms with E-state index in [4.69, 9.17) is 9.47 Å². The van der Waals surface area contributed by atoms with Gasteiger partial charge in [0.1, 0.15) is 0 Å². The van der Waals surface area contributed by atoms with E-state index < -0.39 is 16.0 Å². The molecule has 1 aliphatic rings. The number of nitrogens with one attached hydrogen (secondary N) is 1. The number of hydrogen-bond donors (Lipinski definition) is 1. The third kappa shape index (κ3) is 4.85. The van der Waals surface area contributed by atoms with Gasteiger partial charge in [0, 0.05) is 30.8 Å². The minimum Gasteiger partial charge on any atom is -0.465 e. The summed E-state index contributed by atoms with van der Waals surface area (Å²) in [5.74, 6) is -0.745. The molecule has 1 saturated heterocycles. The quantitative estimate of drug-likeness (QED) is 0.532. The summed E-state index contributed by atoms with van der Waals surface area (Å²) in [7, 11) is -2.95. The van der Waals surface area contributed by atoms with E-state index in [0.717, 1.165) is 23.8 Å².